The van der Waals surface area contributed by atoms with Gasteiger partial charge in [-0.15, -0.1) is 6.58 Å². The van der Waals surface area contributed by atoms with Crippen molar-refractivity contribution in [3.63, 3.8) is 0 Å². The molecule has 0 saturated heterocycles. The van der Waals surface area contributed by atoms with E-state index in [1.54, 1.807) is 0 Å². The molecule has 0 radical (unpaired) electrons. The Morgan fingerprint density at radius 1 is 1.58 bits per heavy atom. The van der Waals surface area contributed by atoms with Gasteiger partial charge in [0.05, 0.1) is 12.7 Å². The Balaban J connectivity index is 3.37. The second-order valence-electron chi connectivity index (χ2n) is 3.22. The van der Waals surface area contributed by atoms with Crippen LogP contribution in [0.25, 0.3) is 0 Å². The van der Waals surface area contributed by atoms with Crippen molar-refractivity contribution in [3.8, 4) is 0 Å². The molecule has 0 aliphatic carbocycles. The summed E-state index contributed by atoms with van der Waals surface area (Å²) >= 11 is 0. The zero-order chi connectivity index (χ0) is 9.40. The van der Waals surface area contributed by atoms with E-state index in [1.165, 1.54) is 5.57 Å². The summed E-state index contributed by atoms with van der Waals surface area (Å²) in [6, 6.07) is 0. The minimum atomic E-state index is 0.245. The lowest BCUT2D eigenvalue weighted by Gasteiger charge is -2.14. The van der Waals surface area contributed by atoms with Gasteiger partial charge in [-0.05, 0) is 19.8 Å². The highest BCUT2D eigenvalue weighted by atomic mass is 16.5. The first-order chi connectivity index (χ1) is 5.70. The van der Waals surface area contributed by atoms with Gasteiger partial charge in [-0.25, -0.2) is 0 Å². The van der Waals surface area contributed by atoms with Crippen LogP contribution in [-0.4, -0.2) is 19.3 Å². The van der Waals surface area contributed by atoms with Crippen molar-refractivity contribution in [2.24, 2.45) is 5.73 Å². The van der Waals surface area contributed by atoms with Gasteiger partial charge in [-0.1, -0.05) is 18.9 Å². The Labute approximate surface area is 75.8 Å². The van der Waals surface area contributed by atoms with Crippen molar-refractivity contribution in [1.82, 2.24) is 0 Å². The highest BCUT2D eigenvalue weighted by molar-refractivity contribution is 4.87. The Kier molecular flexibility index (Phi) is 7.11. The number of hydrogen-bond acceptors (Lipinski definition) is 2. The topological polar surface area (TPSA) is 35.2 Å². The minimum absolute atomic E-state index is 0.245. The van der Waals surface area contributed by atoms with Gasteiger partial charge in [0.1, 0.15) is 0 Å². The zero-order valence-electron chi connectivity index (χ0n) is 8.31. The van der Waals surface area contributed by atoms with E-state index in [9.17, 15) is 0 Å². The molecule has 0 spiro atoms. The Bertz CT molecular complexity index is 123. The van der Waals surface area contributed by atoms with Crippen LogP contribution in [0, 0.1) is 0 Å². The summed E-state index contributed by atoms with van der Waals surface area (Å²) in [6.07, 6.45) is 3.39. The molecule has 0 aliphatic rings. The van der Waals surface area contributed by atoms with Crippen molar-refractivity contribution in [2.75, 3.05) is 13.2 Å². The minimum Gasteiger partial charge on any atom is -0.377 e. The number of ether oxygens (including phenoxy) is 1. The summed E-state index contributed by atoms with van der Waals surface area (Å²) in [4.78, 5) is 0. The third kappa shape index (κ3) is 6.38. The summed E-state index contributed by atoms with van der Waals surface area (Å²) in [7, 11) is 0. The van der Waals surface area contributed by atoms with Crippen LogP contribution in [-0.2, 0) is 4.74 Å². The first-order valence-corrected chi connectivity index (χ1v) is 4.66. The second kappa shape index (κ2) is 7.32. The fourth-order valence-electron chi connectivity index (χ4n) is 0.991. The highest BCUT2D eigenvalue weighted by Crippen LogP contribution is 2.03. The average molecular weight is 171 g/mol. The highest BCUT2D eigenvalue weighted by Gasteiger charge is 2.04. The molecule has 0 saturated carbocycles. The van der Waals surface area contributed by atoms with Gasteiger partial charge in [0, 0.05) is 6.54 Å². The van der Waals surface area contributed by atoms with Crippen LogP contribution in [0.5, 0.6) is 0 Å². The molecule has 0 aromatic rings. The van der Waals surface area contributed by atoms with Crippen LogP contribution in [0.15, 0.2) is 12.2 Å². The molecule has 72 valence electrons. The molecule has 12 heavy (non-hydrogen) atoms. The maximum atomic E-state index is 5.56. The first kappa shape index (κ1) is 11.7. The van der Waals surface area contributed by atoms with E-state index in [0.717, 1.165) is 25.9 Å². The fraction of sp³-hybridized carbons (Fsp3) is 0.800. The standard InChI is InChI=1S/C10H21NO/c1-4-5-10(8-11)12-7-6-9(2)3/h10H,2,4-8,11H2,1,3H3. The van der Waals surface area contributed by atoms with Crippen LogP contribution in [0.3, 0.4) is 0 Å². The van der Waals surface area contributed by atoms with Gasteiger partial charge in [-0.2, -0.15) is 0 Å². The smallest absolute Gasteiger partial charge is 0.0697 e. The third-order valence-electron chi connectivity index (χ3n) is 1.76. The first-order valence-electron chi connectivity index (χ1n) is 4.66. The van der Waals surface area contributed by atoms with Gasteiger partial charge in [-0.3, -0.25) is 0 Å². The lowest BCUT2D eigenvalue weighted by Crippen LogP contribution is -2.23. The van der Waals surface area contributed by atoms with Gasteiger partial charge < -0.3 is 10.5 Å². The average Bonchev–Trinajstić information content (AvgIpc) is 2.02. The monoisotopic (exact) mass is 171 g/mol. The molecule has 0 bridgehead atoms. The lowest BCUT2D eigenvalue weighted by molar-refractivity contribution is 0.0551. The van der Waals surface area contributed by atoms with Crippen LogP contribution in [0.1, 0.15) is 33.1 Å². The van der Waals surface area contributed by atoms with Crippen LogP contribution < -0.4 is 5.73 Å². The Morgan fingerprint density at radius 2 is 2.25 bits per heavy atom. The maximum absolute atomic E-state index is 5.56. The molecule has 0 aromatic carbocycles. The summed E-state index contributed by atoms with van der Waals surface area (Å²) in [5, 5.41) is 0. The molecule has 0 rings (SSSR count). The summed E-state index contributed by atoms with van der Waals surface area (Å²) in [6.45, 7) is 9.36. The van der Waals surface area contributed by atoms with Crippen LogP contribution in [0.4, 0.5) is 0 Å². The van der Waals surface area contributed by atoms with Crippen LogP contribution in [0.2, 0.25) is 0 Å². The van der Waals surface area contributed by atoms with E-state index in [0.29, 0.717) is 6.54 Å². The van der Waals surface area contributed by atoms with Gasteiger partial charge in [0.2, 0.25) is 0 Å². The predicted molar refractivity (Wildman–Crippen MR) is 53.1 cm³/mol. The van der Waals surface area contributed by atoms with Gasteiger partial charge >= 0.3 is 0 Å². The van der Waals surface area contributed by atoms with Crippen molar-refractivity contribution in [1.29, 1.82) is 0 Å². The van der Waals surface area contributed by atoms with E-state index in [-0.39, 0.29) is 6.10 Å². The molecule has 2 nitrogen and oxygen atoms in total. The Hall–Kier alpha value is -0.340. The molecule has 0 fully saturated rings. The molecule has 2 N–H and O–H groups in total. The molecule has 0 aliphatic heterocycles. The van der Waals surface area contributed by atoms with Crippen molar-refractivity contribution in [2.45, 2.75) is 39.2 Å². The van der Waals surface area contributed by atoms with E-state index < -0.39 is 0 Å². The second-order valence-corrected chi connectivity index (χ2v) is 3.22. The van der Waals surface area contributed by atoms with E-state index in [2.05, 4.69) is 13.5 Å². The molecule has 0 amide bonds. The maximum Gasteiger partial charge on any atom is 0.0697 e. The van der Waals surface area contributed by atoms with Crippen molar-refractivity contribution in [3.05, 3.63) is 12.2 Å². The van der Waals surface area contributed by atoms with Gasteiger partial charge in [0.15, 0.2) is 0 Å². The zero-order valence-corrected chi connectivity index (χ0v) is 8.31. The quantitative estimate of drug-likeness (QED) is 0.595. The van der Waals surface area contributed by atoms with Crippen LogP contribution >= 0.6 is 0 Å². The Morgan fingerprint density at radius 3 is 2.67 bits per heavy atom. The summed E-state index contributed by atoms with van der Waals surface area (Å²) in [5.41, 5.74) is 6.70. The molecule has 1 atom stereocenters. The third-order valence-corrected chi connectivity index (χ3v) is 1.76. The van der Waals surface area contributed by atoms with Crippen molar-refractivity contribution < 1.29 is 4.74 Å². The molecule has 2 heteroatoms. The van der Waals surface area contributed by atoms with Gasteiger partial charge in [0.25, 0.3) is 0 Å². The molecule has 0 aromatic heterocycles. The van der Waals surface area contributed by atoms with Crippen molar-refractivity contribution >= 4 is 0 Å². The summed E-state index contributed by atoms with van der Waals surface area (Å²) in [5.74, 6) is 0. The molecule has 0 heterocycles. The molecule has 1 unspecified atom stereocenters. The van der Waals surface area contributed by atoms with E-state index in [1.807, 2.05) is 6.92 Å². The summed E-state index contributed by atoms with van der Waals surface area (Å²) < 4.78 is 5.56. The lowest BCUT2D eigenvalue weighted by atomic mass is 10.2. The SMILES string of the molecule is C=C(C)CCOC(CN)CCC. The largest absolute Gasteiger partial charge is 0.377 e. The molecular weight excluding hydrogens is 150 g/mol. The fourth-order valence-corrected chi connectivity index (χ4v) is 0.991. The number of rotatable bonds is 7. The van der Waals surface area contributed by atoms with E-state index >= 15 is 0 Å². The molecular formula is C10H21NO. The normalized spacial score (nSPS) is 12.9. The van der Waals surface area contributed by atoms with E-state index in [4.69, 9.17) is 10.5 Å². The number of nitrogens with two attached hydrogens (primary N) is 1. The number of hydrogen-bond donors (Lipinski definition) is 1. The predicted octanol–water partition coefficient (Wildman–Crippen LogP) is 2.10.